The van der Waals surface area contributed by atoms with E-state index in [2.05, 4.69) is 5.32 Å². The van der Waals surface area contributed by atoms with Gasteiger partial charge < -0.3 is 19.7 Å². The number of hydrogen-bond acceptors (Lipinski definition) is 4. The van der Waals surface area contributed by atoms with Crippen LogP contribution in [0.4, 0.5) is 18.9 Å². The van der Waals surface area contributed by atoms with Crippen molar-refractivity contribution in [3.05, 3.63) is 24.3 Å². The summed E-state index contributed by atoms with van der Waals surface area (Å²) in [6.07, 6.45) is -4.71. The van der Waals surface area contributed by atoms with Crippen molar-refractivity contribution in [2.45, 2.75) is 12.6 Å². The first-order valence-electron chi connectivity index (χ1n) is 7.65. The van der Waals surface area contributed by atoms with Gasteiger partial charge in [-0.1, -0.05) is 6.07 Å². The van der Waals surface area contributed by atoms with Gasteiger partial charge in [0.1, 0.15) is 18.9 Å². The monoisotopic (exact) mass is 360 g/mol. The van der Waals surface area contributed by atoms with Gasteiger partial charge in [-0.25, -0.2) is 0 Å². The lowest BCUT2D eigenvalue weighted by Crippen LogP contribution is -2.36. The second-order valence-electron chi connectivity index (χ2n) is 5.65. The molecule has 0 aromatic heterocycles. The average Bonchev–Trinajstić information content (AvgIpc) is 2.87. The molecule has 1 unspecified atom stereocenters. The second kappa shape index (κ2) is 8.19. The van der Waals surface area contributed by atoms with Crippen LogP contribution in [0.25, 0.3) is 0 Å². The Labute approximate surface area is 142 Å². The topological polar surface area (TPSA) is 67.9 Å². The molecule has 0 bridgehead atoms. The van der Waals surface area contributed by atoms with Crippen molar-refractivity contribution in [2.24, 2.45) is 5.92 Å². The van der Waals surface area contributed by atoms with Crippen molar-refractivity contribution in [1.82, 2.24) is 4.90 Å². The van der Waals surface area contributed by atoms with E-state index in [1.165, 1.54) is 0 Å². The molecule has 2 rings (SSSR count). The van der Waals surface area contributed by atoms with Crippen LogP contribution < -0.4 is 10.1 Å². The van der Waals surface area contributed by atoms with E-state index in [1.54, 1.807) is 31.4 Å². The molecule has 1 atom stereocenters. The third-order valence-corrected chi connectivity index (χ3v) is 3.61. The van der Waals surface area contributed by atoms with Crippen LogP contribution in [0, 0.1) is 5.92 Å². The molecular formula is C16H19F3N2O4. The minimum Gasteiger partial charge on any atom is -0.491 e. The summed E-state index contributed by atoms with van der Waals surface area (Å²) in [6, 6.07) is 6.60. The van der Waals surface area contributed by atoms with Crippen LogP contribution in [0.15, 0.2) is 24.3 Å². The van der Waals surface area contributed by atoms with Crippen LogP contribution in [-0.4, -0.2) is 56.3 Å². The summed E-state index contributed by atoms with van der Waals surface area (Å²) in [4.78, 5) is 24.5. The highest BCUT2D eigenvalue weighted by Crippen LogP contribution is 2.25. The highest BCUT2D eigenvalue weighted by atomic mass is 19.4. The Morgan fingerprint density at radius 2 is 2.12 bits per heavy atom. The SMILES string of the molecule is COCCOc1cccc(NC(=O)C2CC(=O)N(CC(F)(F)F)C2)c1. The van der Waals surface area contributed by atoms with Crippen molar-refractivity contribution < 1.29 is 32.2 Å². The molecule has 6 nitrogen and oxygen atoms in total. The van der Waals surface area contributed by atoms with Gasteiger partial charge in [-0.3, -0.25) is 9.59 Å². The van der Waals surface area contributed by atoms with Crippen LogP contribution >= 0.6 is 0 Å². The zero-order valence-electron chi connectivity index (χ0n) is 13.6. The number of ether oxygens (including phenoxy) is 2. The first-order chi connectivity index (χ1) is 11.8. The lowest BCUT2D eigenvalue weighted by molar-refractivity contribution is -0.157. The maximum Gasteiger partial charge on any atom is 0.406 e. The normalized spacial score (nSPS) is 17.7. The zero-order valence-corrected chi connectivity index (χ0v) is 13.6. The van der Waals surface area contributed by atoms with Gasteiger partial charge in [0.15, 0.2) is 0 Å². The van der Waals surface area contributed by atoms with E-state index >= 15 is 0 Å². The van der Waals surface area contributed by atoms with Crippen molar-refractivity contribution in [2.75, 3.05) is 38.7 Å². The van der Waals surface area contributed by atoms with Crippen molar-refractivity contribution in [1.29, 1.82) is 0 Å². The standard InChI is InChI=1S/C16H19F3N2O4/c1-24-5-6-25-13-4-2-3-12(8-13)20-15(23)11-7-14(22)21(9-11)10-16(17,18)19/h2-4,8,11H,5-7,9-10H2,1H3,(H,20,23). The summed E-state index contributed by atoms with van der Waals surface area (Å²) in [6.45, 7) is -0.820. The molecule has 138 valence electrons. The molecule has 25 heavy (non-hydrogen) atoms. The van der Waals surface area contributed by atoms with Gasteiger partial charge in [-0.15, -0.1) is 0 Å². The smallest absolute Gasteiger partial charge is 0.406 e. The van der Waals surface area contributed by atoms with Gasteiger partial charge in [0, 0.05) is 31.8 Å². The minimum absolute atomic E-state index is 0.230. The summed E-state index contributed by atoms with van der Waals surface area (Å²) >= 11 is 0. The number of likely N-dealkylation sites (tertiary alicyclic amines) is 1. The zero-order chi connectivity index (χ0) is 18.4. The van der Waals surface area contributed by atoms with Crippen LogP contribution in [0.3, 0.4) is 0 Å². The maximum atomic E-state index is 12.4. The Kier molecular flexibility index (Phi) is 6.24. The third kappa shape index (κ3) is 5.93. The highest BCUT2D eigenvalue weighted by Gasteiger charge is 2.40. The lowest BCUT2D eigenvalue weighted by Gasteiger charge is -2.18. The quantitative estimate of drug-likeness (QED) is 0.756. The van der Waals surface area contributed by atoms with Gasteiger partial charge in [-0.2, -0.15) is 13.2 Å². The first-order valence-corrected chi connectivity index (χ1v) is 7.65. The second-order valence-corrected chi connectivity index (χ2v) is 5.65. The van der Waals surface area contributed by atoms with Gasteiger partial charge in [0.05, 0.1) is 12.5 Å². The average molecular weight is 360 g/mol. The molecule has 1 N–H and O–H groups in total. The largest absolute Gasteiger partial charge is 0.491 e. The number of rotatable bonds is 7. The highest BCUT2D eigenvalue weighted by molar-refractivity contribution is 5.97. The number of methoxy groups -OCH3 is 1. The third-order valence-electron chi connectivity index (χ3n) is 3.61. The predicted octanol–water partition coefficient (Wildman–Crippen LogP) is 2.06. The number of halogens is 3. The molecule has 0 spiro atoms. The van der Waals surface area contributed by atoms with Gasteiger partial charge in [-0.05, 0) is 12.1 Å². The molecule has 2 amide bonds. The molecule has 1 fully saturated rings. The van der Waals surface area contributed by atoms with Crippen LogP contribution in [0.1, 0.15) is 6.42 Å². The van der Waals surface area contributed by atoms with E-state index in [0.29, 0.717) is 29.6 Å². The molecule has 1 heterocycles. The molecule has 0 aliphatic carbocycles. The summed E-state index contributed by atoms with van der Waals surface area (Å²) in [5, 5.41) is 2.61. The number of amides is 2. The summed E-state index contributed by atoms with van der Waals surface area (Å²) in [5.41, 5.74) is 0.446. The van der Waals surface area contributed by atoms with E-state index in [9.17, 15) is 22.8 Å². The van der Waals surface area contributed by atoms with E-state index in [-0.39, 0.29) is 13.0 Å². The summed E-state index contributed by atoms with van der Waals surface area (Å²) < 4.78 is 47.5. The Balaban J connectivity index is 1.92. The Morgan fingerprint density at radius 3 is 2.80 bits per heavy atom. The lowest BCUT2D eigenvalue weighted by atomic mass is 10.1. The number of anilines is 1. The molecule has 1 aromatic carbocycles. The molecule has 1 aromatic rings. The number of nitrogens with zero attached hydrogens (tertiary/aromatic N) is 1. The number of nitrogens with one attached hydrogen (secondary N) is 1. The van der Waals surface area contributed by atoms with Gasteiger partial charge in [0.2, 0.25) is 11.8 Å². The predicted molar refractivity (Wildman–Crippen MR) is 83.2 cm³/mol. The minimum atomic E-state index is -4.48. The molecule has 0 radical (unpaired) electrons. The fraction of sp³-hybridized carbons (Fsp3) is 0.500. The number of carbonyl (C=O) groups is 2. The molecular weight excluding hydrogens is 341 g/mol. The summed E-state index contributed by atoms with van der Waals surface area (Å²) in [7, 11) is 1.55. The Hall–Kier alpha value is -2.29. The van der Waals surface area contributed by atoms with Crippen molar-refractivity contribution in [3.8, 4) is 5.75 Å². The van der Waals surface area contributed by atoms with Crippen LogP contribution in [-0.2, 0) is 14.3 Å². The summed E-state index contributed by atoms with van der Waals surface area (Å²) in [5.74, 6) is -1.45. The van der Waals surface area contributed by atoms with Gasteiger partial charge in [0.25, 0.3) is 0 Å². The Morgan fingerprint density at radius 1 is 1.36 bits per heavy atom. The van der Waals surface area contributed by atoms with Crippen LogP contribution in [0.5, 0.6) is 5.75 Å². The van der Waals surface area contributed by atoms with E-state index in [4.69, 9.17) is 9.47 Å². The van der Waals surface area contributed by atoms with Crippen molar-refractivity contribution in [3.63, 3.8) is 0 Å². The molecule has 9 heteroatoms. The fourth-order valence-electron chi connectivity index (χ4n) is 2.47. The number of alkyl halides is 3. The molecule has 0 saturated carbocycles. The first kappa shape index (κ1) is 19.0. The van der Waals surface area contributed by atoms with E-state index < -0.39 is 30.5 Å². The number of carbonyl (C=O) groups excluding carboxylic acids is 2. The molecule has 1 saturated heterocycles. The fourth-order valence-corrected chi connectivity index (χ4v) is 2.47. The molecule has 1 aliphatic rings. The van der Waals surface area contributed by atoms with Crippen molar-refractivity contribution >= 4 is 17.5 Å². The van der Waals surface area contributed by atoms with E-state index in [1.807, 2.05) is 0 Å². The molecule has 1 aliphatic heterocycles. The number of hydrogen-bond donors (Lipinski definition) is 1. The van der Waals surface area contributed by atoms with Crippen LogP contribution in [0.2, 0.25) is 0 Å². The Bertz CT molecular complexity index is 622. The van der Waals surface area contributed by atoms with Gasteiger partial charge >= 0.3 is 6.18 Å². The number of benzene rings is 1. The maximum absolute atomic E-state index is 12.4. The van der Waals surface area contributed by atoms with E-state index in [0.717, 1.165) is 0 Å².